The lowest BCUT2D eigenvalue weighted by molar-refractivity contribution is 0.399. The van der Waals surface area contributed by atoms with Crippen LogP contribution in [0.4, 0.5) is 5.82 Å². The van der Waals surface area contributed by atoms with E-state index in [4.69, 9.17) is 9.97 Å². The molecule has 2 rings (SSSR count). The minimum absolute atomic E-state index is 0.241. The fourth-order valence-electron chi connectivity index (χ4n) is 2.59. The Bertz CT molecular complexity index is 432. The maximum atomic E-state index is 4.82. The molecule has 1 N–H and O–H groups in total. The molecule has 0 aromatic carbocycles. The first-order chi connectivity index (χ1) is 8.99. The fourth-order valence-corrected chi connectivity index (χ4v) is 2.59. The van der Waals surface area contributed by atoms with Crippen molar-refractivity contribution in [1.82, 2.24) is 9.97 Å². The fraction of sp³-hybridized carbons (Fsp3) is 0.750. The van der Waals surface area contributed by atoms with Crippen LogP contribution in [0.15, 0.2) is 0 Å². The van der Waals surface area contributed by atoms with Gasteiger partial charge in [0.25, 0.3) is 0 Å². The van der Waals surface area contributed by atoms with Crippen LogP contribution in [0.5, 0.6) is 0 Å². The first kappa shape index (κ1) is 14.3. The van der Waals surface area contributed by atoms with Crippen molar-refractivity contribution < 1.29 is 0 Å². The highest BCUT2D eigenvalue weighted by molar-refractivity contribution is 5.47. The summed E-state index contributed by atoms with van der Waals surface area (Å²) in [4.78, 5) is 9.60. The molecular weight excluding hydrogens is 234 g/mol. The standard InChI is InChI=1S/C16H27N3/c1-5-10-17-15-12-8-6-7-9-13(12)18-14(19-15)11-16(2,3)4/h5-11H2,1-4H3,(H,17,18,19). The Kier molecular flexibility index (Phi) is 4.43. The molecule has 106 valence electrons. The molecule has 1 heterocycles. The largest absolute Gasteiger partial charge is 0.370 e. The Balaban J connectivity index is 2.30. The van der Waals surface area contributed by atoms with Gasteiger partial charge in [0.1, 0.15) is 11.6 Å². The first-order valence-corrected chi connectivity index (χ1v) is 7.62. The summed E-state index contributed by atoms with van der Waals surface area (Å²) in [7, 11) is 0. The number of hydrogen-bond donors (Lipinski definition) is 1. The molecule has 1 aromatic rings. The molecule has 0 saturated heterocycles. The molecule has 0 aliphatic heterocycles. The molecule has 0 fully saturated rings. The van der Waals surface area contributed by atoms with E-state index in [2.05, 4.69) is 33.0 Å². The number of aromatic nitrogens is 2. The van der Waals surface area contributed by atoms with Gasteiger partial charge in [-0.2, -0.15) is 0 Å². The van der Waals surface area contributed by atoms with E-state index in [0.29, 0.717) is 0 Å². The molecule has 0 spiro atoms. The molecule has 0 unspecified atom stereocenters. The lowest BCUT2D eigenvalue weighted by Gasteiger charge is -2.22. The Hall–Kier alpha value is -1.12. The van der Waals surface area contributed by atoms with Gasteiger partial charge in [-0.15, -0.1) is 0 Å². The minimum Gasteiger partial charge on any atom is -0.370 e. The van der Waals surface area contributed by atoms with Gasteiger partial charge in [0.2, 0.25) is 0 Å². The molecule has 0 atom stereocenters. The summed E-state index contributed by atoms with van der Waals surface area (Å²) < 4.78 is 0. The van der Waals surface area contributed by atoms with Gasteiger partial charge in [0, 0.05) is 24.2 Å². The van der Waals surface area contributed by atoms with E-state index in [1.165, 1.54) is 24.1 Å². The normalized spacial score (nSPS) is 15.2. The van der Waals surface area contributed by atoms with Crippen LogP contribution in [0.25, 0.3) is 0 Å². The van der Waals surface area contributed by atoms with Crippen LogP contribution >= 0.6 is 0 Å². The lowest BCUT2D eigenvalue weighted by atomic mass is 9.91. The number of aryl methyl sites for hydroxylation is 1. The van der Waals surface area contributed by atoms with Crippen LogP contribution in [-0.4, -0.2) is 16.5 Å². The Morgan fingerprint density at radius 1 is 1.11 bits per heavy atom. The summed E-state index contributed by atoms with van der Waals surface area (Å²) in [6.07, 6.45) is 6.88. The van der Waals surface area contributed by atoms with Crippen LogP contribution in [0, 0.1) is 5.41 Å². The average Bonchev–Trinajstić information content (AvgIpc) is 2.34. The van der Waals surface area contributed by atoms with E-state index < -0.39 is 0 Å². The quantitative estimate of drug-likeness (QED) is 0.896. The van der Waals surface area contributed by atoms with E-state index in [1.54, 1.807) is 0 Å². The van der Waals surface area contributed by atoms with Gasteiger partial charge in [0.05, 0.1) is 0 Å². The van der Waals surface area contributed by atoms with Gasteiger partial charge in [0.15, 0.2) is 0 Å². The first-order valence-electron chi connectivity index (χ1n) is 7.62. The van der Waals surface area contributed by atoms with E-state index in [1.807, 2.05) is 0 Å². The van der Waals surface area contributed by atoms with Gasteiger partial charge in [-0.3, -0.25) is 0 Å². The minimum atomic E-state index is 0.241. The number of fused-ring (bicyclic) bond motifs is 1. The van der Waals surface area contributed by atoms with Gasteiger partial charge >= 0.3 is 0 Å². The second-order valence-electron chi connectivity index (χ2n) is 6.79. The molecule has 0 bridgehead atoms. The van der Waals surface area contributed by atoms with E-state index in [-0.39, 0.29) is 5.41 Å². The third-order valence-electron chi connectivity index (χ3n) is 3.46. The highest BCUT2D eigenvalue weighted by atomic mass is 15.0. The van der Waals surface area contributed by atoms with Crippen molar-refractivity contribution in [2.45, 2.75) is 66.2 Å². The molecule has 1 aromatic heterocycles. The van der Waals surface area contributed by atoms with Crippen LogP contribution in [0.2, 0.25) is 0 Å². The maximum absolute atomic E-state index is 4.82. The number of nitrogens with one attached hydrogen (secondary N) is 1. The molecule has 0 radical (unpaired) electrons. The number of hydrogen-bond acceptors (Lipinski definition) is 3. The number of nitrogens with zero attached hydrogens (tertiary/aromatic N) is 2. The zero-order chi connectivity index (χ0) is 13.9. The molecular formula is C16H27N3. The van der Waals surface area contributed by atoms with Crippen LogP contribution in [-0.2, 0) is 19.3 Å². The van der Waals surface area contributed by atoms with Crippen molar-refractivity contribution in [3.8, 4) is 0 Å². The van der Waals surface area contributed by atoms with Crippen molar-refractivity contribution in [2.75, 3.05) is 11.9 Å². The SMILES string of the molecule is CCCNc1nc(CC(C)(C)C)nc2c1CCCC2. The van der Waals surface area contributed by atoms with E-state index in [0.717, 1.165) is 43.9 Å². The summed E-state index contributed by atoms with van der Waals surface area (Å²) in [6, 6.07) is 0. The second kappa shape index (κ2) is 5.89. The average molecular weight is 261 g/mol. The smallest absolute Gasteiger partial charge is 0.133 e. The summed E-state index contributed by atoms with van der Waals surface area (Å²) >= 11 is 0. The molecule has 1 aliphatic carbocycles. The van der Waals surface area contributed by atoms with Gasteiger partial charge in [-0.25, -0.2) is 9.97 Å². The van der Waals surface area contributed by atoms with Crippen molar-refractivity contribution in [3.63, 3.8) is 0 Å². The summed E-state index contributed by atoms with van der Waals surface area (Å²) in [5, 5.41) is 3.50. The molecule has 0 amide bonds. The van der Waals surface area contributed by atoms with Crippen molar-refractivity contribution in [2.24, 2.45) is 5.41 Å². The van der Waals surface area contributed by atoms with Crippen molar-refractivity contribution in [1.29, 1.82) is 0 Å². The monoisotopic (exact) mass is 261 g/mol. The summed E-state index contributed by atoms with van der Waals surface area (Å²) in [5.41, 5.74) is 2.90. The highest BCUT2D eigenvalue weighted by Crippen LogP contribution is 2.27. The maximum Gasteiger partial charge on any atom is 0.133 e. The Morgan fingerprint density at radius 2 is 1.84 bits per heavy atom. The second-order valence-corrected chi connectivity index (χ2v) is 6.79. The number of anilines is 1. The number of rotatable bonds is 4. The summed E-state index contributed by atoms with van der Waals surface area (Å²) in [6.45, 7) is 9.92. The Morgan fingerprint density at radius 3 is 2.53 bits per heavy atom. The van der Waals surface area contributed by atoms with E-state index >= 15 is 0 Å². The highest BCUT2D eigenvalue weighted by Gasteiger charge is 2.20. The van der Waals surface area contributed by atoms with E-state index in [9.17, 15) is 0 Å². The zero-order valence-electron chi connectivity index (χ0n) is 12.8. The summed E-state index contributed by atoms with van der Waals surface area (Å²) in [5.74, 6) is 2.11. The Labute approximate surface area is 117 Å². The predicted molar refractivity (Wildman–Crippen MR) is 80.6 cm³/mol. The lowest BCUT2D eigenvalue weighted by Crippen LogP contribution is -2.18. The third-order valence-corrected chi connectivity index (χ3v) is 3.46. The van der Waals surface area contributed by atoms with Gasteiger partial charge in [-0.05, 0) is 37.5 Å². The molecule has 0 saturated carbocycles. The molecule has 3 heteroatoms. The topological polar surface area (TPSA) is 37.8 Å². The molecule has 1 aliphatic rings. The third kappa shape index (κ3) is 3.92. The van der Waals surface area contributed by atoms with Crippen LogP contribution in [0.1, 0.15) is 64.0 Å². The molecule has 3 nitrogen and oxygen atoms in total. The van der Waals surface area contributed by atoms with Crippen LogP contribution < -0.4 is 5.32 Å². The molecule has 19 heavy (non-hydrogen) atoms. The van der Waals surface area contributed by atoms with Crippen molar-refractivity contribution >= 4 is 5.82 Å². The van der Waals surface area contributed by atoms with Crippen molar-refractivity contribution in [3.05, 3.63) is 17.1 Å². The van der Waals surface area contributed by atoms with Gasteiger partial charge in [-0.1, -0.05) is 27.7 Å². The predicted octanol–water partition coefficient (Wildman–Crippen LogP) is 3.77. The van der Waals surface area contributed by atoms with Crippen LogP contribution in [0.3, 0.4) is 0 Å². The zero-order valence-corrected chi connectivity index (χ0v) is 12.8. The van der Waals surface area contributed by atoms with Gasteiger partial charge < -0.3 is 5.32 Å².